The van der Waals surface area contributed by atoms with Crippen molar-refractivity contribution in [3.05, 3.63) is 34.1 Å². The summed E-state index contributed by atoms with van der Waals surface area (Å²) in [5.74, 6) is -0.613. The normalized spacial score (nSPS) is 26.3. The molecule has 1 fully saturated rings. The lowest BCUT2D eigenvalue weighted by Crippen LogP contribution is -2.59. The van der Waals surface area contributed by atoms with Gasteiger partial charge in [0.2, 0.25) is 0 Å². The quantitative estimate of drug-likeness (QED) is 0.885. The highest BCUT2D eigenvalue weighted by Gasteiger charge is 2.39. The van der Waals surface area contributed by atoms with Crippen LogP contribution in [0.5, 0.6) is 0 Å². The molecule has 3 N–H and O–H groups in total. The van der Waals surface area contributed by atoms with Crippen LogP contribution in [0.2, 0.25) is 0 Å². The highest BCUT2D eigenvalue weighted by molar-refractivity contribution is 9.10. The lowest BCUT2D eigenvalue weighted by Gasteiger charge is -2.42. The highest BCUT2D eigenvalue weighted by Crippen LogP contribution is 2.33. The van der Waals surface area contributed by atoms with Crippen LogP contribution >= 0.6 is 15.9 Å². The molecule has 0 heterocycles. The van der Waals surface area contributed by atoms with Gasteiger partial charge in [-0.3, -0.25) is 4.79 Å². The molecule has 20 heavy (non-hydrogen) atoms. The summed E-state index contributed by atoms with van der Waals surface area (Å²) in [6, 6.07) is 4.52. The third kappa shape index (κ3) is 2.88. The van der Waals surface area contributed by atoms with Gasteiger partial charge in [0.15, 0.2) is 0 Å². The molecule has 5 heteroatoms. The Morgan fingerprint density at radius 3 is 2.90 bits per heavy atom. The maximum atomic E-state index is 13.9. The Hall–Kier alpha value is -0.940. The van der Waals surface area contributed by atoms with E-state index in [2.05, 4.69) is 28.2 Å². The lowest BCUT2D eigenvalue weighted by atomic mass is 9.73. The highest BCUT2D eigenvalue weighted by atomic mass is 79.9. The molecule has 3 nitrogen and oxygen atoms in total. The summed E-state index contributed by atoms with van der Waals surface area (Å²) in [5, 5.41) is 3.00. The predicted molar refractivity (Wildman–Crippen MR) is 81.0 cm³/mol. The Morgan fingerprint density at radius 1 is 1.55 bits per heavy atom. The number of halogens is 2. The number of rotatable bonds is 3. The predicted octanol–water partition coefficient (Wildman–Crippen LogP) is 3.23. The van der Waals surface area contributed by atoms with E-state index in [9.17, 15) is 9.18 Å². The van der Waals surface area contributed by atoms with Gasteiger partial charge in [0.05, 0.1) is 11.1 Å². The molecule has 2 atom stereocenters. The first-order valence-corrected chi connectivity index (χ1v) is 7.76. The zero-order valence-electron chi connectivity index (χ0n) is 11.6. The van der Waals surface area contributed by atoms with E-state index in [1.807, 2.05) is 0 Å². The summed E-state index contributed by atoms with van der Waals surface area (Å²) in [4.78, 5) is 12.4. The fourth-order valence-corrected chi connectivity index (χ4v) is 3.48. The van der Waals surface area contributed by atoms with Crippen molar-refractivity contribution < 1.29 is 9.18 Å². The Kier molecular flexibility index (Phi) is 4.81. The van der Waals surface area contributed by atoms with E-state index >= 15 is 0 Å². The third-order valence-corrected chi connectivity index (χ3v) is 5.03. The Bertz CT molecular complexity index is 488. The van der Waals surface area contributed by atoms with E-state index < -0.39 is 17.3 Å². The van der Waals surface area contributed by atoms with Gasteiger partial charge in [-0.15, -0.1) is 0 Å². The van der Waals surface area contributed by atoms with Crippen LogP contribution in [-0.2, 0) is 0 Å². The number of hydrogen-bond acceptors (Lipinski definition) is 2. The Morgan fingerprint density at radius 2 is 2.30 bits per heavy atom. The molecule has 0 saturated heterocycles. The summed E-state index contributed by atoms with van der Waals surface area (Å²) in [7, 11) is 0. The maximum Gasteiger partial charge on any atom is 0.255 e. The first kappa shape index (κ1) is 15.4. The topological polar surface area (TPSA) is 55.1 Å². The molecule has 110 valence electrons. The van der Waals surface area contributed by atoms with Crippen LogP contribution in [0, 0.1) is 11.7 Å². The molecule has 0 spiro atoms. The standard InChI is InChI=1S/C15H20BrFN2O/c1-10-5-2-3-8-15(10,9-18)19-14(20)13-11(16)6-4-7-12(13)17/h4,6-7,10H,2-3,5,8-9,18H2,1H3,(H,19,20). The van der Waals surface area contributed by atoms with Crippen LogP contribution < -0.4 is 11.1 Å². The van der Waals surface area contributed by atoms with E-state index in [1.54, 1.807) is 12.1 Å². The second-order valence-corrected chi connectivity index (χ2v) is 6.41. The minimum Gasteiger partial charge on any atom is -0.345 e. The van der Waals surface area contributed by atoms with Gasteiger partial charge in [-0.05, 0) is 46.8 Å². The fraction of sp³-hybridized carbons (Fsp3) is 0.533. The van der Waals surface area contributed by atoms with Gasteiger partial charge in [-0.25, -0.2) is 4.39 Å². The van der Waals surface area contributed by atoms with E-state index in [0.717, 1.165) is 25.7 Å². The summed E-state index contributed by atoms with van der Waals surface area (Å²) < 4.78 is 14.3. The molecule has 1 saturated carbocycles. The molecule has 0 radical (unpaired) electrons. The van der Waals surface area contributed by atoms with Crippen molar-refractivity contribution in [2.75, 3.05) is 6.54 Å². The molecular formula is C15H20BrFN2O. The zero-order valence-corrected chi connectivity index (χ0v) is 13.2. The number of nitrogens with one attached hydrogen (secondary N) is 1. The van der Waals surface area contributed by atoms with Gasteiger partial charge < -0.3 is 11.1 Å². The molecule has 0 aliphatic heterocycles. The largest absolute Gasteiger partial charge is 0.345 e. The molecule has 2 rings (SSSR count). The van der Waals surface area contributed by atoms with Crippen molar-refractivity contribution in [3.63, 3.8) is 0 Å². The molecule has 1 aromatic rings. The average molecular weight is 343 g/mol. The van der Waals surface area contributed by atoms with Crippen molar-refractivity contribution in [2.24, 2.45) is 11.7 Å². The van der Waals surface area contributed by atoms with Crippen molar-refractivity contribution >= 4 is 21.8 Å². The van der Waals surface area contributed by atoms with Gasteiger partial charge in [0.25, 0.3) is 5.91 Å². The number of carbonyl (C=O) groups excluding carboxylic acids is 1. The molecule has 1 aliphatic rings. The van der Waals surface area contributed by atoms with E-state index in [-0.39, 0.29) is 5.56 Å². The molecule has 0 aromatic heterocycles. The Balaban J connectivity index is 2.25. The molecule has 1 aromatic carbocycles. The van der Waals surface area contributed by atoms with Crippen molar-refractivity contribution in [3.8, 4) is 0 Å². The van der Waals surface area contributed by atoms with E-state index in [1.165, 1.54) is 6.07 Å². The van der Waals surface area contributed by atoms with Gasteiger partial charge in [0, 0.05) is 11.0 Å². The summed E-state index contributed by atoms with van der Waals surface area (Å²) in [6.45, 7) is 2.48. The number of carbonyl (C=O) groups is 1. The molecule has 2 unspecified atom stereocenters. The van der Waals surface area contributed by atoms with Gasteiger partial charge >= 0.3 is 0 Å². The van der Waals surface area contributed by atoms with Crippen LogP contribution in [0.15, 0.2) is 22.7 Å². The lowest BCUT2D eigenvalue weighted by molar-refractivity contribution is 0.0808. The zero-order chi connectivity index (χ0) is 14.8. The fourth-order valence-electron chi connectivity index (χ4n) is 2.96. The average Bonchev–Trinajstić information content (AvgIpc) is 2.41. The van der Waals surface area contributed by atoms with Crippen LogP contribution in [0.25, 0.3) is 0 Å². The second-order valence-electron chi connectivity index (χ2n) is 5.56. The van der Waals surface area contributed by atoms with Crippen molar-refractivity contribution in [1.82, 2.24) is 5.32 Å². The summed E-state index contributed by atoms with van der Waals surface area (Å²) in [5.41, 5.74) is 5.55. The maximum absolute atomic E-state index is 13.9. The molecule has 1 amide bonds. The second kappa shape index (κ2) is 6.22. The Labute approximate surface area is 127 Å². The SMILES string of the molecule is CC1CCCCC1(CN)NC(=O)c1c(F)cccc1Br. The van der Waals surface area contributed by atoms with Crippen LogP contribution in [-0.4, -0.2) is 18.0 Å². The minimum atomic E-state index is -0.521. The monoisotopic (exact) mass is 342 g/mol. The van der Waals surface area contributed by atoms with Gasteiger partial charge in [0.1, 0.15) is 5.82 Å². The van der Waals surface area contributed by atoms with Crippen molar-refractivity contribution in [2.45, 2.75) is 38.1 Å². The minimum absolute atomic E-state index is 0.0538. The third-order valence-electron chi connectivity index (χ3n) is 4.37. The number of hydrogen-bond donors (Lipinski definition) is 2. The molecule has 0 bridgehead atoms. The first-order valence-electron chi connectivity index (χ1n) is 6.97. The number of nitrogens with two attached hydrogens (primary N) is 1. The van der Waals surface area contributed by atoms with E-state index in [4.69, 9.17) is 5.73 Å². The summed E-state index contributed by atoms with van der Waals surface area (Å²) >= 11 is 3.24. The van der Waals surface area contributed by atoms with E-state index in [0.29, 0.717) is 16.9 Å². The number of benzene rings is 1. The summed E-state index contributed by atoms with van der Waals surface area (Å²) in [6.07, 6.45) is 4.08. The smallest absolute Gasteiger partial charge is 0.255 e. The molecule has 1 aliphatic carbocycles. The number of amides is 1. The van der Waals surface area contributed by atoms with Crippen LogP contribution in [0.4, 0.5) is 4.39 Å². The van der Waals surface area contributed by atoms with Crippen molar-refractivity contribution in [1.29, 1.82) is 0 Å². The first-order chi connectivity index (χ1) is 9.50. The van der Waals surface area contributed by atoms with Crippen LogP contribution in [0.1, 0.15) is 43.0 Å². The van der Waals surface area contributed by atoms with Gasteiger partial charge in [-0.2, -0.15) is 0 Å². The molecular weight excluding hydrogens is 323 g/mol. The van der Waals surface area contributed by atoms with Crippen LogP contribution in [0.3, 0.4) is 0 Å². The van der Waals surface area contributed by atoms with Gasteiger partial charge in [-0.1, -0.05) is 25.8 Å².